The van der Waals surface area contributed by atoms with Crippen LogP contribution in [0.15, 0.2) is 47.5 Å². The Morgan fingerprint density at radius 1 is 1.03 bits per heavy atom. The van der Waals surface area contributed by atoms with E-state index in [0.717, 1.165) is 29.7 Å². The molecule has 1 saturated heterocycles. The molecule has 1 aliphatic heterocycles. The summed E-state index contributed by atoms with van der Waals surface area (Å²) >= 11 is 0. The average Bonchev–Trinajstić information content (AvgIpc) is 2.79. The average molecular weight is 570 g/mol. The molecule has 7 nitrogen and oxygen atoms in total. The lowest BCUT2D eigenvalue weighted by Crippen LogP contribution is -2.41. The van der Waals surface area contributed by atoms with E-state index in [2.05, 4.69) is 16.4 Å². The maximum Gasteiger partial charge on any atom is 0.218 e. The van der Waals surface area contributed by atoms with Crippen molar-refractivity contribution in [3.63, 3.8) is 0 Å². The minimum Gasteiger partial charge on any atom is -0.379 e. The number of aryl methyl sites for hydroxylation is 1. The maximum absolute atomic E-state index is 12.8. The van der Waals surface area contributed by atoms with Gasteiger partial charge in [0.15, 0.2) is 5.96 Å². The number of anilines is 1. The van der Waals surface area contributed by atoms with Crippen LogP contribution in [0.2, 0.25) is 0 Å². The lowest BCUT2D eigenvalue weighted by atomic mass is 9.90. The van der Waals surface area contributed by atoms with Gasteiger partial charge >= 0.3 is 0 Å². The number of benzene rings is 2. The van der Waals surface area contributed by atoms with Gasteiger partial charge in [0.25, 0.3) is 0 Å². The zero-order chi connectivity index (χ0) is 21.7. The molecule has 2 aromatic carbocycles. The molecule has 0 atom stereocenters. The van der Waals surface area contributed by atoms with E-state index in [9.17, 15) is 8.42 Å². The Hall–Kier alpha value is -1.69. The van der Waals surface area contributed by atoms with Crippen molar-refractivity contribution in [1.29, 1.82) is 0 Å². The van der Waals surface area contributed by atoms with Crippen molar-refractivity contribution in [3.05, 3.63) is 64.7 Å². The third-order valence-corrected chi connectivity index (χ3v) is 7.73. The number of rotatable bonds is 6. The number of aliphatic imine (C=N–C) groups is 1. The molecule has 2 aromatic rings. The predicted molar refractivity (Wildman–Crippen MR) is 139 cm³/mol. The van der Waals surface area contributed by atoms with Crippen molar-refractivity contribution < 1.29 is 13.2 Å². The predicted octanol–water partition coefficient (Wildman–Crippen LogP) is 3.27. The minimum atomic E-state index is -3.40. The quantitative estimate of drug-likeness (QED) is 0.316. The van der Waals surface area contributed by atoms with Crippen LogP contribution in [0, 0.1) is 0 Å². The second-order valence-corrected chi connectivity index (χ2v) is 9.98. The van der Waals surface area contributed by atoms with Gasteiger partial charge in [-0.05, 0) is 54.0 Å². The molecule has 1 heterocycles. The molecule has 2 aliphatic rings. The van der Waals surface area contributed by atoms with Crippen molar-refractivity contribution >= 4 is 45.6 Å². The lowest BCUT2D eigenvalue weighted by Gasteiger charge is -2.26. The Morgan fingerprint density at radius 3 is 2.53 bits per heavy atom. The summed E-state index contributed by atoms with van der Waals surface area (Å²) in [6.45, 7) is 2.01. The zero-order valence-corrected chi connectivity index (χ0v) is 21.3. The molecule has 0 spiro atoms. The highest BCUT2D eigenvalue weighted by Gasteiger charge is 2.25. The fourth-order valence-electron chi connectivity index (χ4n) is 4.21. The first-order chi connectivity index (χ1) is 15.0. The van der Waals surface area contributed by atoms with Crippen LogP contribution in [-0.2, 0) is 39.9 Å². The minimum absolute atomic E-state index is 0. The van der Waals surface area contributed by atoms with E-state index in [0.29, 0.717) is 38.8 Å². The molecule has 0 amide bonds. The van der Waals surface area contributed by atoms with Gasteiger partial charge in [-0.1, -0.05) is 36.4 Å². The van der Waals surface area contributed by atoms with Crippen molar-refractivity contribution in [1.82, 2.24) is 4.31 Å². The Balaban J connectivity index is 0.00000289. The summed E-state index contributed by atoms with van der Waals surface area (Å²) < 4.78 is 32.4. The van der Waals surface area contributed by atoms with Crippen LogP contribution in [0.1, 0.15) is 35.1 Å². The second-order valence-electron chi connectivity index (χ2n) is 8.01. The zero-order valence-electron chi connectivity index (χ0n) is 18.1. The molecule has 32 heavy (non-hydrogen) atoms. The summed E-state index contributed by atoms with van der Waals surface area (Å²) in [6.07, 6.45) is 4.57. The number of sulfonamides is 1. The largest absolute Gasteiger partial charge is 0.379 e. The number of nitrogens with two attached hydrogens (primary N) is 1. The maximum atomic E-state index is 12.8. The van der Waals surface area contributed by atoms with Gasteiger partial charge in [0.2, 0.25) is 10.0 Å². The second kappa shape index (κ2) is 11.4. The van der Waals surface area contributed by atoms with E-state index in [1.54, 1.807) is 0 Å². The van der Waals surface area contributed by atoms with E-state index in [1.165, 1.54) is 28.3 Å². The van der Waals surface area contributed by atoms with E-state index in [4.69, 9.17) is 10.5 Å². The molecule has 3 N–H and O–H groups in total. The van der Waals surface area contributed by atoms with Gasteiger partial charge in [-0.15, -0.1) is 24.0 Å². The number of guanidine groups is 1. The lowest BCUT2D eigenvalue weighted by molar-refractivity contribution is 0.0729. The number of halogens is 1. The molecular formula is C23H31IN4O3S. The first kappa shape index (κ1) is 24.9. The summed E-state index contributed by atoms with van der Waals surface area (Å²) in [7, 11) is -3.40. The monoisotopic (exact) mass is 570 g/mol. The van der Waals surface area contributed by atoms with E-state index in [-0.39, 0.29) is 29.7 Å². The first-order valence-corrected chi connectivity index (χ1v) is 12.4. The van der Waals surface area contributed by atoms with Gasteiger partial charge < -0.3 is 15.8 Å². The highest BCUT2D eigenvalue weighted by molar-refractivity contribution is 14.0. The van der Waals surface area contributed by atoms with Crippen LogP contribution in [-0.4, -0.2) is 45.0 Å². The third-order valence-electron chi connectivity index (χ3n) is 5.90. The Morgan fingerprint density at radius 2 is 1.75 bits per heavy atom. The van der Waals surface area contributed by atoms with Crippen LogP contribution in [0.5, 0.6) is 0 Å². The standard InChI is InChI=1S/C23H30N4O3S.HI/c24-23(26-22-11-5-9-18-6-3-4-10-21(18)22)25-16-19-7-1-2-8-20(19)17-31(28,29)27-12-14-30-15-13-27;/h1-2,5,7-9,11H,3-4,6,10,12-17H2,(H3,24,25,26);1H. The van der Waals surface area contributed by atoms with Gasteiger partial charge in [-0.3, -0.25) is 0 Å². The molecule has 1 aliphatic carbocycles. The third kappa shape index (κ3) is 6.21. The van der Waals surface area contributed by atoms with Gasteiger partial charge in [0, 0.05) is 18.8 Å². The highest BCUT2D eigenvalue weighted by Crippen LogP contribution is 2.27. The topological polar surface area (TPSA) is 97.0 Å². The number of nitrogens with one attached hydrogen (secondary N) is 1. The number of ether oxygens (including phenoxy) is 1. The highest BCUT2D eigenvalue weighted by atomic mass is 127. The molecule has 9 heteroatoms. The normalized spacial score (nSPS) is 17.3. The number of morpholine rings is 1. The van der Waals surface area contributed by atoms with Gasteiger partial charge in [0.05, 0.1) is 25.5 Å². The van der Waals surface area contributed by atoms with Gasteiger partial charge in [-0.2, -0.15) is 4.31 Å². The molecule has 0 aromatic heterocycles. The summed E-state index contributed by atoms with van der Waals surface area (Å²) in [5.74, 6) is 0.294. The molecule has 0 unspecified atom stereocenters. The molecule has 0 saturated carbocycles. The fourth-order valence-corrected chi connectivity index (χ4v) is 5.77. The van der Waals surface area contributed by atoms with E-state index < -0.39 is 10.0 Å². The van der Waals surface area contributed by atoms with Crippen LogP contribution >= 0.6 is 24.0 Å². The van der Waals surface area contributed by atoms with Crippen LogP contribution in [0.4, 0.5) is 5.69 Å². The first-order valence-electron chi connectivity index (χ1n) is 10.8. The Kier molecular flexibility index (Phi) is 8.92. The van der Waals surface area contributed by atoms with Crippen molar-refractivity contribution in [3.8, 4) is 0 Å². The number of hydrogen-bond acceptors (Lipinski definition) is 4. The molecule has 174 valence electrons. The summed E-state index contributed by atoms with van der Waals surface area (Å²) in [5, 5.41) is 3.25. The van der Waals surface area contributed by atoms with E-state index >= 15 is 0 Å². The van der Waals surface area contributed by atoms with Crippen molar-refractivity contribution in [2.75, 3.05) is 31.6 Å². The number of hydrogen-bond donors (Lipinski definition) is 2. The van der Waals surface area contributed by atoms with Crippen molar-refractivity contribution in [2.45, 2.75) is 38.0 Å². The summed E-state index contributed by atoms with van der Waals surface area (Å²) in [4.78, 5) is 4.50. The summed E-state index contributed by atoms with van der Waals surface area (Å²) in [6, 6.07) is 13.8. The SMILES string of the molecule is I.NC(=NCc1ccccc1CS(=O)(=O)N1CCOCC1)Nc1cccc2c1CCCC2. The Labute approximate surface area is 207 Å². The molecule has 0 bridgehead atoms. The van der Waals surface area contributed by atoms with Gasteiger partial charge in [-0.25, -0.2) is 13.4 Å². The van der Waals surface area contributed by atoms with Crippen LogP contribution in [0.25, 0.3) is 0 Å². The summed E-state index contributed by atoms with van der Waals surface area (Å²) in [5.41, 5.74) is 11.5. The molecular weight excluding hydrogens is 539 g/mol. The number of fused-ring (bicyclic) bond motifs is 1. The van der Waals surface area contributed by atoms with Crippen molar-refractivity contribution in [2.24, 2.45) is 10.7 Å². The van der Waals surface area contributed by atoms with Gasteiger partial charge in [0.1, 0.15) is 0 Å². The Bertz CT molecular complexity index is 1050. The molecule has 1 fully saturated rings. The van der Waals surface area contributed by atoms with Crippen LogP contribution in [0.3, 0.4) is 0 Å². The smallest absolute Gasteiger partial charge is 0.218 e. The molecule has 4 rings (SSSR count). The van der Waals surface area contributed by atoms with Crippen LogP contribution < -0.4 is 11.1 Å². The fraction of sp³-hybridized carbons (Fsp3) is 0.435. The van der Waals surface area contributed by atoms with E-state index in [1.807, 2.05) is 36.4 Å². The molecule has 0 radical (unpaired) electrons. The number of nitrogens with zero attached hydrogens (tertiary/aromatic N) is 2.